The maximum atomic E-state index is 12.6. The number of benzene rings is 1. The second kappa shape index (κ2) is 7.27. The highest BCUT2D eigenvalue weighted by atomic mass is 16.6. The molecule has 0 unspecified atom stereocenters. The summed E-state index contributed by atoms with van der Waals surface area (Å²) in [7, 11) is 0. The van der Waals surface area contributed by atoms with E-state index in [-0.39, 0.29) is 24.5 Å². The molecule has 2 heterocycles. The average Bonchev–Trinajstić information content (AvgIpc) is 3.25. The molecule has 1 aromatic carbocycles. The van der Waals surface area contributed by atoms with Crippen molar-refractivity contribution in [1.29, 1.82) is 0 Å². The standard InChI is InChI=1S/C17H17N3O5/c21-13(14-15(25-14)17(23)24)7-10(6-12-8-18-9-19-12)16(22)20-11-4-2-1-3-5-11/h1-5,8-10,14-15H,6-7H2,(H,18,19)(H,20,22)(H,23,24)/t10-,14-,15+/m1/s1. The smallest absolute Gasteiger partial charge is 0.336 e. The predicted molar refractivity (Wildman–Crippen MR) is 86.8 cm³/mol. The second-order valence-electron chi connectivity index (χ2n) is 5.82. The molecule has 130 valence electrons. The van der Waals surface area contributed by atoms with E-state index in [0.29, 0.717) is 11.4 Å². The first-order valence-electron chi connectivity index (χ1n) is 7.78. The van der Waals surface area contributed by atoms with E-state index in [9.17, 15) is 14.4 Å². The number of epoxide rings is 1. The maximum absolute atomic E-state index is 12.6. The largest absolute Gasteiger partial charge is 0.479 e. The fourth-order valence-electron chi connectivity index (χ4n) is 2.59. The molecule has 8 heteroatoms. The van der Waals surface area contributed by atoms with E-state index in [1.165, 1.54) is 6.33 Å². The third-order valence-corrected chi connectivity index (χ3v) is 3.93. The van der Waals surface area contributed by atoms with Crippen LogP contribution in [0.25, 0.3) is 0 Å². The molecule has 3 atom stereocenters. The molecule has 1 fully saturated rings. The number of amides is 1. The van der Waals surface area contributed by atoms with E-state index in [1.807, 2.05) is 6.07 Å². The molecule has 1 aromatic heterocycles. The molecule has 25 heavy (non-hydrogen) atoms. The maximum Gasteiger partial charge on any atom is 0.336 e. The van der Waals surface area contributed by atoms with Gasteiger partial charge in [0.2, 0.25) is 5.91 Å². The van der Waals surface area contributed by atoms with Crippen molar-refractivity contribution in [3.63, 3.8) is 0 Å². The first-order chi connectivity index (χ1) is 12.0. The number of hydrogen-bond acceptors (Lipinski definition) is 5. The molecule has 1 aliphatic heterocycles. The molecule has 1 amide bonds. The molecule has 0 spiro atoms. The van der Waals surface area contributed by atoms with E-state index < -0.39 is 24.1 Å². The molecule has 3 rings (SSSR count). The molecule has 1 aliphatic rings. The number of aromatic amines is 1. The van der Waals surface area contributed by atoms with Crippen molar-refractivity contribution in [3.8, 4) is 0 Å². The topological polar surface area (TPSA) is 125 Å². The molecule has 8 nitrogen and oxygen atoms in total. The second-order valence-corrected chi connectivity index (χ2v) is 5.82. The summed E-state index contributed by atoms with van der Waals surface area (Å²) in [4.78, 5) is 42.4. The molecule has 0 aliphatic carbocycles. The Morgan fingerprint density at radius 1 is 1.24 bits per heavy atom. The predicted octanol–water partition coefficient (Wildman–Crippen LogP) is 1.02. The van der Waals surface area contributed by atoms with Crippen LogP contribution in [0.3, 0.4) is 0 Å². The van der Waals surface area contributed by atoms with Crippen molar-refractivity contribution < 1.29 is 24.2 Å². The fourth-order valence-corrected chi connectivity index (χ4v) is 2.59. The Morgan fingerprint density at radius 3 is 2.60 bits per heavy atom. The van der Waals surface area contributed by atoms with Crippen molar-refractivity contribution in [3.05, 3.63) is 48.5 Å². The first kappa shape index (κ1) is 16.8. The fraction of sp³-hybridized carbons (Fsp3) is 0.294. The molecular weight excluding hydrogens is 326 g/mol. The number of ketones is 1. The van der Waals surface area contributed by atoms with Crippen LogP contribution < -0.4 is 5.32 Å². The first-order valence-corrected chi connectivity index (χ1v) is 7.78. The lowest BCUT2D eigenvalue weighted by Gasteiger charge is -2.15. The Labute approximate surface area is 143 Å². The van der Waals surface area contributed by atoms with Crippen LogP contribution >= 0.6 is 0 Å². The van der Waals surface area contributed by atoms with Gasteiger partial charge in [-0.1, -0.05) is 18.2 Å². The zero-order chi connectivity index (χ0) is 17.8. The number of hydrogen-bond donors (Lipinski definition) is 3. The Balaban J connectivity index is 1.67. The van der Waals surface area contributed by atoms with Crippen LogP contribution in [0.1, 0.15) is 12.1 Å². The van der Waals surface area contributed by atoms with Crippen molar-refractivity contribution in [1.82, 2.24) is 9.97 Å². The van der Waals surface area contributed by atoms with Crippen molar-refractivity contribution in [2.45, 2.75) is 25.0 Å². The third kappa shape index (κ3) is 4.30. The van der Waals surface area contributed by atoms with Crippen molar-refractivity contribution in [2.75, 3.05) is 5.32 Å². The number of Topliss-reactive ketones (excluding diaryl/α,β-unsaturated/α-hetero) is 1. The third-order valence-electron chi connectivity index (χ3n) is 3.93. The summed E-state index contributed by atoms with van der Waals surface area (Å²) in [6.45, 7) is 0. The number of imidazole rings is 1. The minimum absolute atomic E-state index is 0.105. The Morgan fingerprint density at radius 2 is 2.00 bits per heavy atom. The summed E-state index contributed by atoms with van der Waals surface area (Å²) in [6.07, 6.45) is 1.19. The van der Waals surface area contributed by atoms with Gasteiger partial charge in [-0.2, -0.15) is 0 Å². The number of rotatable bonds is 8. The van der Waals surface area contributed by atoms with E-state index in [1.54, 1.807) is 30.5 Å². The normalized spacial score (nSPS) is 19.8. The number of carboxylic acid groups (broad SMARTS) is 1. The highest BCUT2D eigenvalue weighted by Gasteiger charge is 2.50. The van der Waals surface area contributed by atoms with Gasteiger partial charge in [-0.05, 0) is 12.1 Å². The Hall–Kier alpha value is -3.00. The summed E-state index contributed by atoms with van der Waals surface area (Å²) >= 11 is 0. The number of ether oxygens (including phenoxy) is 1. The number of nitrogens with zero attached hydrogens (tertiary/aromatic N) is 1. The molecule has 1 saturated heterocycles. The molecule has 0 bridgehead atoms. The minimum atomic E-state index is -1.17. The van der Waals surface area contributed by atoms with E-state index in [2.05, 4.69) is 15.3 Å². The zero-order valence-electron chi connectivity index (χ0n) is 13.2. The van der Waals surface area contributed by atoms with Gasteiger partial charge in [-0.25, -0.2) is 9.78 Å². The molecular formula is C17H17N3O5. The van der Waals surface area contributed by atoms with Gasteiger partial charge in [0.05, 0.1) is 12.2 Å². The quantitative estimate of drug-likeness (QED) is 0.615. The van der Waals surface area contributed by atoms with Crippen LogP contribution in [-0.2, 0) is 25.5 Å². The van der Waals surface area contributed by atoms with Crippen LogP contribution in [0, 0.1) is 5.92 Å². The summed E-state index contributed by atoms with van der Waals surface area (Å²) in [5, 5.41) is 11.6. The van der Waals surface area contributed by atoms with Gasteiger partial charge in [-0.3, -0.25) is 9.59 Å². The lowest BCUT2D eigenvalue weighted by atomic mass is 9.94. The number of nitrogens with one attached hydrogen (secondary N) is 2. The van der Waals surface area contributed by atoms with Gasteiger partial charge in [0.1, 0.15) is 0 Å². The van der Waals surface area contributed by atoms with Gasteiger partial charge >= 0.3 is 5.97 Å². The number of anilines is 1. The van der Waals surface area contributed by atoms with Gasteiger partial charge in [0.25, 0.3) is 0 Å². The molecule has 2 aromatic rings. The number of carbonyl (C=O) groups is 3. The van der Waals surface area contributed by atoms with Gasteiger partial charge in [-0.15, -0.1) is 0 Å². The number of aliphatic carboxylic acids is 1. The summed E-state index contributed by atoms with van der Waals surface area (Å²) in [5.74, 6) is -2.54. The lowest BCUT2D eigenvalue weighted by molar-refractivity contribution is -0.138. The summed E-state index contributed by atoms with van der Waals surface area (Å²) in [5.41, 5.74) is 1.34. The van der Waals surface area contributed by atoms with Crippen LogP contribution in [0.5, 0.6) is 0 Å². The lowest BCUT2D eigenvalue weighted by Crippen LogP contribution is -2.29. The number of carbonyl (C=O) groups excluding carboxylic acids is 2. The zero-order valence-corrected chi connectivity index (χ0v) is 13.2. The van der Waals surface area contributed by atoms with Crippen LogP contribution in [0.15, 0.2) is 42.9 Å². The van der Waals surface area contributed by atoms with Crippen molar-refractivity contribution in [2.24, 2.45) is 5.92 Å². The van der Waals surface area contributed by atoms with Gasteiger partial charge < -0.3 is 20.1 Å². The van der Waals surface area contributed by atoms with E-state index in [0.717, 1.165) is 0 Å². The highest BCUT2D eigenvalue weighted by Crippen LogP contribution is 2.27. The van der Waals surface area contributed by atoms with Crippen LogP contribution in [0.4, 0.5) is 5.69 Å². The highest BCUT2D eigenvalue weighted by molar-refractivity contribution is 5.99. The van der Waals surface area contributed by atoms with E-state index >= 15 is 0 Å². The van der Waals surface area contributed by atoms with Crippen LogP contribution in [0.2, 0.25) is 0 Å². The van der Waals surface area contributed by atoms with Crippen molar-refractivity contribution >= 4 is 23.3 Å². The number of aromatic nitrogens is 2. The Kier molecular flexibility index (Phi) is 4.90. The number of carboxylic acids is 1. The van der Waals surface area contributed by atoms with Crippen LogP contribution in [-0.4, -0.2) is 44.9 Å². The minimum Gasteiger partial charge on any atom is -0.479 e. The van der Waals surface area contributed by atoms with Gasteiger partial charge in [0, 0.05) is 30.4 Å². The van der Waals surface area contributed by atoms with Gasteiger partial charge in [0.15, 0.2) is 18.0 Å². The number of H-pyrrole nitrogens is 1. The Bertz CT molecular complexity index is 760. The summed E-state index contributed by atoms with van der Waals surface area (Å²) < 4.78 is 4.87. The molecule has 3 N–H and O–H groups in total. The monoisotopic (exact) mass is 343 g/mol. The summed E-state index contributed by atoms with van der Waals surface area (Å²) in [6, 6.07) is 8.91. The van der Waals surface area contributed by atoms with E-state index in [4.69, 9.17) is 9.84 Å². The molecule has 0 radical (unpaired) electrons. The average molecular weight is 343 g/mol. The number of para-hydroxylation sites is 1. The molecule has 0 saturated carbocycles. The SMILES string of the molecule is O=C(Nc1ccccc1)[C@@H](CC(=O)[C@H]1O[C@@H]1C(=O)O)Cc1cnc[nH]1.